The van der Waals surface area contributed by atoms with Crippen LogP contribution in [0.5, 0.6) is 0 Å². The molecule has 0 fully saturated rings. The molecule has 0 atom stereocenters. The van der Waals surface area contributed by atoms with Crippen molar-refractivity contribution in [2.24, 2.45) is 0 Å². The Kier molecular flexibility index (Phi) is 8.00. The Morgan fingerprint density at radius 2 is 1.72 bits per heavy atom. The smallest absolute Gasteiger partial charge is 0.319 e. The number of benzene rings is 2. The lowest BCUT2D eigenvalue weighted by molar-refractivity contribution is 0.0743. The molecular formula is C22H29FN4O2. The van der Waals surface area contributed by atoms with Crippen LogP contribution in [0.4, 0.5) is 20.6 Å². The van der Waals surface area contributed by atoms with Crippen LogP contribution >= 0.6 is 0 Å². The van der Waals surface area contributed by atoms with Crippen LogP contribution in [0.25, 0.3) is 0 Å². The molecule has 2 aromatic rings. The molecule has 3 amide bonds. The maximum atomic E-state index is 13.2. The maximum absolute atomic E-state index is 13.2. The topological polar surface area (TPSA) is 64.7 Å². The normalized spacial score (nSPS) is 10.4. The van der Waals surface area contributed by atoms with Gasteiger partial charge in [-0.25, -0.2) is 9.18 Å². The first-order valence-corrected chi connectivity index (χ1v) is 9.75. The van der Waals surface area contributed by atoms with Crippen molar-refractivity contribution in [3.8, 4) is 0 Å². The highest BCUT2D eigenvalue weighted by molar-refractivity contribution is 5.94. The first kappa shape index (κ1) is 22.2. The molecule has 2 aromatic carbocycles. The van der Waals surface area contributed by atoms with Gasteiger partial charge in [0.1, 0.15) is 5.82 Å². The number of carbonyl (C=O) groups is 2. The van der Waals surface area contributed by atoms with Gasteiger partial charge in [0.15, 0.2) is 0 Å². The van der Waals surface area contributed by atoms with Crippen LogP contribution in [0.15, 0.2) is 42.5 Å². The monoisotopic (exact) mass is 400 g/mol. The number of nitrogens with one attached hydrogen (secondary N) is 2. The fourth-order valence-electron chi connectivity index (χ4n) is 3.07. The third-order valence-electron chi connectivity index (χ3n) is 4.39. The van der Waals surface area contributed by atoms with Gasteiger partial charge in [-0.2, -0.15) is 0 Å². The molecule has 0 saturated heterocycles. The fraction of sp³-hybridized carbons (Fsp3) is 0.364. The minimum absolute atomic E-state index is 0.154. The summed E-state index contributed by atoms with van der Waals surface area (Å²) in [5, 5.41) is 5.51. The molecule has 0 unspecified atom stereocenters. The third kappa shape index (κ3) is 6.20. The molecule has 0 aromatic heterocycles. The lowest BCUT2D eigenvalue weighted by Crippen LogP contribution is -2.32. The Hall–Kier alpha value is -3.09. The number of halogens is 1. The second kappa shape index (κ2) is 10.5. The van der Waals surface area contributed by atoms with E-state index in [9.17, 15) is 14.0 Å². The van der Waals surface area contributed by atoms with Gasteiger partial charge in [0.05, 0.1) is 0 Å². The van der Waals surface area contributed by atoms with Gasteiger partial charge in [0, 0.05) is 50.7 Å². The van der Waals surface area contributed by atoms with Crippen molar-refractivity contribution in [2.75, 3.05) is 37.4 Å². The van der Waals surface area contributed by atoms with Crippen molar-refractivity contribution in [3.63, 3.8) is 0 Å². The first-order chi connectivity index (χ1) is 13.8. The maximum Gasteiger partial charge on any atom is 0.319 e. The van der Waals surface area contributed by atoms with E-state index >= 15 is 0 Å². The summed E-state index contributed by atoms with van der Waals surface area (Å²) in [6.07, 6.45) is 0.793. The van der Waals surface area contributed by atoms with Crippen LogP contribution in [-0.4, -0.2) is 44.0 Å². The molecule has 2 N–H and O–H groups in total. The van der Waals surface area contributed by atoms with Crippen molar-refractivity contribution in [1.82, 2.24) is 10.2 Å². The van der Waals surface area contributed by atoms with Gasteiger partial charge < -0.3 is 20.4 Å². The number of anilines is 2. The molecule has 7 heteroatoms. The Bertz CT molecular complexity index is 837. The Labute approximate surface area is 171 Å². The number of urea groups is 1. The van der Waals surface area contributed by atoms with E-state index in [0.717, 1.165) is 17.7 Å². The van der Waals surface area contributed by atoms with Gasteiger partial charge >= 0.3 is 6.03 Å². The number of carbonyl (C=O) groups excluding carboxylic acids is 2. The van der Waals surface area contributed by atoms with E-state index in [1.54, 1.807) is 4.90 Å². The van der Waals surface area contributed by atoms with Crippen LogP contribution in [0.2, 0.25) is 0 Å². The molecule has 0 aliphatic carbocycles. The minimum atomic E-state index is -0.373. The van der Waals surface area contributed by atoms with Crippen molar-refractivity contribution in [3.05, 3.63) is 59.4 Å². The van der Waals surface area contributed by atoms with E-state index in [4.69, 9.17) is 0 Å². The number of rotatable bonds is 8. The van der Waals surface area contributed by atoms with Crippen LogP contribution in [-0.2, 0) is 6.54 Å². The Morgan fingerprint density at radius 1 is 1.03 bits per heavy atom. The number of nitrogens with zero attached hydrogens (tertiary/aromatic N) is 2. The van der Waals surface area contributed by atoms with Gasteiger partial charge in [-0.1, -0.05) is 6.92 Å². The van der Waals surface area contributed by atoms with Crippen LogP contribution < -0.4 is 15.5 Å². The molecule has 6 nitrogen and oxygen atoms in total. The van der Waals surface area contributed by atoms with Crippen LogP contribution in [0, 0.1) is 5.82 Å². The molecule has 0 aliphatic rings. The predicted molar refractivity (Wildman–Crippen MR) is 115 cm³/mol. The summed E-state index contributed by atoms with van der Waals surface area (Å²) in [6, 6.07) is 10.9. The van der Waals surface area contributed by atoms with E-state index in [2.05, 4.69) is 10.6 Å². The number of amides is 3. The standard InChI is InChI=1S/C22H29FN4O2/c1-5-13-27(21(28)16-7-9-18(23)10-8-16)15-17-14-19(25-22(29)24-6-2)11-12-20(17)26(3)4/h7-12,14H,5-6,13,15H2,1-4H3,(H2,24,25,29). The number of hydrogen-bond acceptors (Lipinski definition) is 3. The second-order valence-electron chi connectivity index (χ2n) is 6.96. The summed E-state index contributed by atoms with van der Waals surface area (Å²) in [5.74, 6) is -0.527. The zero-order chi connectivity index (χ0) is 21.4. The molecular weight excluding hydrogens is 371 g/mol. The zero-order valence-electron chi connectivity index (χ0n) is 17.5. The molecule has 0 spiro atoms. The predicted octanol–water partition coefficient (Wildman–Crippen LogP) is 4.09. The van der Waals surface area contributed by atoms with E-state index in [1.807, 2.05) is 51.0 Å². The quantitative estimate of drug-likeness (QED) is 0.702. The molecule has 156 valence electrons. The summed E-state index contributed by atoms with van der Waals surface area (Å²) in [7, 11) is 3.86. The molecule has 0 saturated carbocycles. The highest BCUT2D eigenvalue weighted by Crippen LogP contribution is 2.25. The first-order valence-electron chi connectivity index (χ1n) is 9.75. The Morgan fingerprint density at radius 3 is 2.31 bits per heavy atom. The van der Waals surface area contributed by atoms with Crippen molar-refractivity contribution >= 4 is 23.3 Å². The van der Waals surface area contributed by atoms with Gasteiger partial charge in [0.2, 0.25) is 0 Å². The molecule has 2 rings (SSSR count). The molecule has 0 heterocycles. The highest BCUT2D eigenvalue weighted by atomic mass is 19.1. The summed E-state index contributed by atoms with van der Waals surface area (Å²) < 4.78 is 13.2. The van der Waals surface area contributed by atoms with Crippen molar-refractivity contribution in [2.45, 2.75) is 26.8 Å². The lowest BCUT2D eigenvalue weighted by Gasteiger charge is -2.26. The second-order valence-corrected chi connectivity index (χ2v) is 6.96. The summed E-state index contributed by atoms with van der Waals surface area (Å²) in [6.45, 7) is 5.33. The fourth-order valence-corrected chi connectivity index (χ4v) is 3.07. The third-order valence-corrected chi connectivity index (χ3v) is 4.39. The average Bonchev–Trinajstić information content (AvgIpc) is 2.68. The molecule has 0 radical (unpaired) electrons. The summed E-state index contributed by atoms with van der Waals surface area (Å²) in [4.78, 5) is 28.6. The van der Waals surface area contributed by atoms with E-state index in [1.165, 1.54) is 24.3 Å². The van der Waals surface area contributed by atoms with Crippen molar-refractivity contribution in [1.29, 1.82) is 0 Å². The van der Waals surface area contributed by atoms with Gasteiger partial charge in [-0.05, 0) is 61.4 Å². The lowest BCUT2D eigenvalue weighted by atomic mass is 10.1. The van der Waals surface area contributed by atoms with Crippen LogP contribution in [0.1, 0.15) is 36.2 Å². The van der Waals surface area contributed by atoms with E-state index in [0.29, 0.717) is 30.9 Å². The van der Waals surface area contributed by atoms with E-state index in [-0.39, 0.29) is 17.8 Å². The average molecular weight is 400 g/mol. The highest BCUT2D eigenvalue weighted by Gasteiger charge is 2.18. The minimum Gasteiger partial charge on any atom is -0.377 e. The summed E-state index contributed by atoms with van der Waals surface area (Å²) in [5.41, 5.74) is 2.97. The molecule has 29 heavy (non-hydrogen) atoms. The van der Waals surface area contributed by atoms with Crippen molar-refractivity contribution < 1.29 is 14.0 Å². The zero-order valence-corrected chi connectivity index (χ0v) is 17.5. The largest absolute Gasteiger partial charge is 0.377 e. The van der Waals surface area contributed by atoms with E-state index < -0.39 is 0 Å². The molecule has 0 aliphatic heterocycles. The summed E-state index contributed by atoms with van der Waals surface area (Å²) >= 11 is 0. The Balaban J connectivity index is 2.31. The van der Waals surface area contributed by atoms with Gasteiger partial charge in [-0.3, -0.25) is 4.79 Å². The van der Waals surface area contributed by atoms with Gasteiger partial charge in [-0.15, -0.1) is 0 Å². The number of hydrogen-bond donors (Lipinski definition) is 2. The SMILES string of the molecule is CCCN(Cc1cc(NC(=O)NCC)ccc1N(C)C)C(=O)c1ccc(F)cc1. The van der Waals surface area contributed by atoms with Crippen LogP contribution in [0.3, 0.4) is 0 Å². The molecule has 0 bridgehead atoms. The van der Waals surface area contributed by atoms with Gasteiger partial charge in [0.25, 0.3) is 5.91 Å².